The van der Waals surface area contributed by atoms with E-state index in [-0.39, 0.29) is 0 Å². The minimum atomic E-state index is 0.558. The standard InChI is InChI=1S/C14H25N3/c1-5-17(13(3)10-12(2)15-4)11-14-8-6-7-9-16-14/h6-9,12-13,15H,5,10-11H2,1-4H3. The van der Waals surface area contributed by atoms with Crippen LogP contribution in [0.5, 0.6) is 0 Å². The Hall–Kier alpha value is -0.930. The molecule has 0 bridgehead atoms. The van der Waals surface area contributed by atoms with E-state index in [1.807, 2.05) is 19.3 Å². The highest BCUT2D eigenvalue weighted by Crippen LogP contribution is 2.10. The number of hydrogen-bond acceptors (Lipinski definition) is 3. The zero-order valence-corrected chi connectivity index (χ0v) is 11.5. The molecular formula is C14H25N3. The fourth-order valence-corrected chi connectivity index (χ4v) is 2.06. The lowest BCUT2D eigenvalue weighted by atomic mass is 10.1. The van der Waals surface area contributed by atoms with Gasteiger partial charge in [-0.25, -0.2) is 0 Å². The van der Waals surface area contributed by atoms with Crippen molar-refractivity contribution in [3.05, 3.63) is 30.1 Å². The fraction of sp³-hybridized carbons (Fsp3) is 0.643. The summed E-state index contributed by atoms with van der Waals surface area (Å²) >= 11 is 0. The number of aromatic nitrogens is 1. The van der Waals surface area contributed by atoms with Crippen molar-refractivity contribution >= 4 is 0 Å². The van der Waals surface area contributed by atoms with Gasteiger partial charge in [-0.15, -0.1) is 0 Å². The first-order valence-corrected chi connectivity index (χ1v) is 6.48. The third-order valence-electron chi connectivity index (χ3n) is 3.31. The lowest BCUT2D eigenvalue weighted by Gasteiger charge is -2.29. The Labute approximate surface area is 105 Å². The third-order valence-corrected chi connectivity index (χ3v) is 3.31. The second-order valence-corrected chi connectivity index (χ2v) is 4.66. The zero-order valence-electron chi connectivity index (χ0n) is 11.5. The van der Waals surface area contributed by atoms with Gasteiger partial charge in [-0.1, -0.05) is 13.0 Å². The summed E-state index contributed by atoms with van der Waals surface area (Å²) in [6.07, 6.45) is 3.03. The molecule has 1 N–H and O–H groups in total. The van der Waals surface area contributed by atoms with E-state index in [0.717, 1.165) is 25.2 Å². The number of nitrogens with one attached hydrogen (secondary N) is 1. The molecule has 2 unspecified atom stereocenters. The molecule has 1 heterocycles. The molecule has 1 aromatic heterocycles. The summed E-state index contributed by atoms with van der Waals surface area (Å²) in [7, 11) is 2.02. The van der Waals surface area contributed by atoms with Crippen molar-refractivity contribution in [3.8, 4) is 0 Å². The Morgan fingerprint density at radius 3 is 2.65 bits per heavy atom. The number of rotatable bonds is 7. The first-order valence-electron chi connectivity index (χ1n) is 6.48. The molecule has 0 saturated heterocycles. The van der Waals surface area contributed by atoms with Crippen LogP contribution in [0, 0.1) is 0 Å². The summed E-state index contributed by atoms with van der Waals surface area (Å²) in [6.45, 7) is 8.73. The monoisotopic (exact) mass is 235 g/mol. The first-order chi connectivity index (χ1) is 8.17. The van der Waals surface area contributed by atoms with Crippen molar-refractivity contribution in [2.24, 2.45) is 0 Å². The normalized spacial score (nSPS) is 14.9. The molecule has 0 aliphatic rings. The molecule has 0 radical (unpaired) electrons. The predicted molar refractivity (Wildman–Crippen MR) is 72.9 cm³/mol. The Morgan fingerprint density at radius 2 is 2.12 bits per heavy atom. The zero-order chi connectivity index (χ0) is 12.7. The quantitative estimate of drug-likeness (QED) is 0.786. The minimum absolute atomic E-state index is 0.558. The van der Waals surface area contributed by atoms with Gasteiger partial charge < -0.3 is 5.32 Å². The molecule has 0 amide bonds. The van der Waals surface area contributed by atoms with Crippen molar-refractivity contribution in [1.29, 1.82) is 0 Å². The lowest BCUT2D eigenvalue weighted by Crippen LogP contribution is -2.37. The van der Waals surface area contributed by atoms with Gasteiger partial charge in [0.05, 0.1) is 5.69 Å². The van der Waals surface area contributed by atoms with Crippen LogP contribution in [0.1, 0.15) is 32.9 Å². The summed E-state index contributed by atoms with van der Waals surface area (Å²) in [6, 6.07) is 7.24. The minimum Gasteiger partial charge on any atom is -0.317 e. The molecule has 17 heavy (non-hydrogen) atoms. The molecule has 0 spiro atoms. The van der Waals surface area contributed by atoms with E-state index < -0.39 is 0 Å². The summed E-state index contributed by atoms with van der Waals surface area (Å²) in [5.74, 6) is 0. The summed E-state index contributed by atoms with van der Waals surface area (Å²) in [5, 5.41) is 3.30. The van der Waals surface area contributed by atoms with Gasteiger partial charge in [0, 0.05) is 24.8 Å². The van der Waals surface area contributed by atoms with Gasteiger partial charge in [0.1, 0.15) is 0 Å². The highest BCUT2D eigenvalue weighted by Gasteiger charge is 2.15. The Bertz CT molecular complexity index is 300. The molecule has 0 fully saturated rings. The maximum atomic E-state index is 4.39. The van der Waals surface area contributed by atoms with Crippen molar-refractivity contribution in [1.82, 2.24) is 15.2 Å². The van der Waals surface area contributed by atoms with Gasteiger partial charge in [0.25, 0.3) is 0 Å². The van der Waals surface area contributed by atoms with Crippen molar-refractivity contribution in [3.63, 3.8) is 0 Å². The Morgan fingerprint density at radius 1 is 1.35 bits per heavy atom. The molecule has 1 aromatic rings. The molecule has 96 valence electrons. The predicted octanol–water partition coefficient (Wildman–Crippen LogP) is 2.29. The molecule has 0 aromatic carbocycles. The highest BCUT2D eigenvalue weighted by atomic mass is 15.2. The Balaban J connectivity index is 2.53. The molecule has 3 heteroatoms. The summed E-state index contributed by atoms with van der Waals surface area (Å²) in [5.41, 5.74) is 1.15. The number of hydrogen-bond donors (Lipinski definition) is 1. The number of nitrogens with zero attached hydrogens (tertiary/aromatic N) is 2. The maximum absolute atomic E-state index is 4.39. The van der Waals surface area contributed by atoms with Gasteiger partial charge in [-0.05, 0) is 46.0 Å². The van der Waals surface area contributed by atoms with Gasteiger partial charge in [-0.3, -0.25) is 9.88 Å². The number of pyridine rings is 1. The van der Waals surface area contributed by atoms with E-state index in [9.17, 15) is 0 Å². The second-order valence-electron chi connectivity index (χ2n) is 4.66. The van der Waals surface area contributed by atoms with Crippen LogP contribution in [-0.4, -0.2) is 35.6 Å². The maximum Gasteiger partial charge on any atom is 0.0544 e. The van der Waals surface area contributed by atoms with Gasteiger partial charge in [-0.2, -0.15) is 0 Å². The van der Waals surface area contributed by atoms with Gasteiger partial charge >= 0.3 is 0 Å². The van der Waals surface area contributed by atoms with Crippen LogP contribution in [0.15, 0.2) is 24.4 Å². The average molecular weight is 235 g/mol. The fourth-order valence-electron chi connectivity index (χ4n) is 2.06. The Kier molecular flexibility index (Phi) is 6.16. The van der Waals surface area contributed by atoms with Crippen molar-refractivity contribution < 1.29 is 0 Å². The highest BCUT2D eigenvalue weighted by molar-refractivity contribution is 5.03. The molecule has 1 rings (SSSR count). The molecule has 2 atom stereocenters. The first kappa shape index (κ1) is 14.1. The average Bonchev–Trinajstić information content (AvgIpc) is 2.36. The third kappa shape index (κ3) is 4.84. The van der Waals surface area contributed by atoms with Crippen molar-refractivity contribution in [2.75, 3.05) is 13.6 Å². The van der Waals surface area contributed by atoms with E-state index in [4.69, 9.17) is 0 Å². The topological polar surface area (TPSA) is 28.2 Å². The van der Waals surface area contributed by atoms with E-state index in [0.29, 0.717) is 12.1 Å². The molecule has 0 aliphatic carbocycles. The summed E-state index contributed by atoms with van der Waals surface area (Å²) in [4.78, 5) is 6.86. The van der Waals surface area contributed by atoms with Crippen LogP contribution < -0.4 is 5.32 Å². The van der Waals surface area contributed by atoms with Crippen LogP contribution in [0.25, 0.3) is 0 Å². The van der Waals surface area contributed by atoms with Crippen molar-refractivity contribution in [2.45, 2.75) is 45.8 Å². The smallest absolute Gasteiger partial charge is 0.0544 e. The van der Waals surface area contributed by atoms with Crippen LogP contribution in [0.2, 0.25) is 0 Å². The lowest BCUT2D eigenvalue weighted by molar-refractivity contribution is 0.189. The van der Waals surface area contributed by atoms with Crippen LogP contribution in [0.3, 0.4) is 0 Å². The van der Waals surface area contributed by atoms with E-state index >= 15 is 0 Å². The van der Waals surface area contributed by atoms with E-state index in [2.05, 4.69) is 48.1 Å². The molecule has 0 saturated carbocycles. The van der Waals surface area contributed by atoms with Crippen LogP contribution in [-0.2, 0) is 6.54 Å². The van der Waals surface area contributed by atoms with E-state index in [1.165, 1.54) is 0 Å². The van der Waals surface area contributed by atoms with Gasteiger partial charge in [0.15, 0.2) is 0 Å². The SMILES string of the molecule is CCN(Cc1ccccn1)C(C)CC(C)NC. The molecule has 0 aliphatic heterocycles. The van der Waals surface area contributed by atoms with Crippen LogP contribution >= 0.6 is 0 Å². The van der Waals surface area contributed by atoms with E-state index in [1.54, 1.807) is 0 Å². The molecular weight excluding hydrogens is 210 g/mol. The van der Waals surface area contributed by atoms with Gasteiger partial charge in [0.2, 0.25) is 0 Å². The molecule has 3 nitrogen and oxygen atoms in total. The van der Waals surface area contributed by atoms with Crippen LogP contribution in [0.4, 0.5) is 0 Å². The largest absolute Gasteiger partial charge is 0.317 e. The summed E-state index contributed by atoms with van der Waals surface area (Å²) < 4.78 is 0. The second kappa shape index (κ2) is 7.41.